The van der Waals surface area contributed by atoms with Crippen molar-refractivity contribution in [1.29, 1.82) is 0 Å². The van der Waals surface area contributed by atoms with E-state index in [-0.39, 0.29) is 51.4 Å². The van der Waals surface area contributed by atoms with Gasteiger partial charge in [0.15, 0.2) is 0 Å². The molecule has 2 aromatic rings. The van der Waals surface area contributed by atoms with Crippen LogP contribution in [-0.2, 0) is 52.9 Å². The minimum absolute atomic E-state index is 0.0132. The number of hydrogen-bond acceptors (Lipinski definition) is 19. The van der Waals surface area contributed by atoms with Gasteiger partial charge in [-0.15, -0.1) is 0 Å². The molecule has 488 valence electrons. The van der Waals surface area contributed by atoms with Gasteiger partial charge in [0, 0.05) is 105 Å². The lowest BCUT2D eigenvalue weighted by Crippen LogP contribution is -2.56. The number of phosphoric ester groups is 1. The van der Waals surface area contributed by atoms with Crippen molar-refractivity contribution in [2.45, 2.75) is 164 Å². The van der Waals surface area contributed by atoms with Crippen molar-refractivity contribution < 1.29 is 86.3 Å². The smallest absolute Gasteiger partial charge is 0.507 e. The van der Waals surface area contributed by atoms with E-state index < -0.39 is 139 Å². The normalized spacial score (nSPS) is 27.9. The molecule has 8 rings (SSSR count). The van der Waals surface area contributed by atoms with Crippen LogP contribution in [0.4, 0.5) is 0 Å². The van der Waals surface area contributed by atoms with E-state index in [1.54, 1.807) is 73.6 Å². The second kappa shape index (κ2) is 27.3. The summed E-state index contributed by atoms with van der Waals surface area (Å²) in [6, 6.07) is 2.34. The fourth-order valence-electron chi connectivity index (χ4n) is 13.1. The summed E-state index contributed by atoms with van der Waals surface area (Å²) in [5.74, 6) is -10.3. The first-order valence-electron chi connectivity index (χ1n) is 30.1. The third-order valence-electron chi connectivity index (χ3n) is 17.7. The van der Waals surface area contributed by atoms with E-state index in [1.807, 2.05) is 0 Å². The van der Waals surface area contributed by atoms with Gasteiger partial charge in [-0.2, -0.15) is 0 Å². The molecule has 2 fully saturated rings. The Morgan fingerprint density at radius 2 is 1.61 bits per heavy atom. The quantitative estimate of drug-likeness (QED) is 0.0789. The second-order valence-corrected chi connectivity index (χ2v) is 27.0. The number of likely N-dealkylation sites (tertiary alicyclic amines) is 1. The first-order valence-corrected chi connectivity index (χ1v) is 31.6. The minimum Gasteiger partial charge on any atom is -0.507 e. The molecule has 8 N–H and O–H groups in total. The van der Waals surface area contributed by atoms with Crippen molar-refractivity contribution in [3.8, 4) is 17.2 Å². The molecule has 24 nitrogen and oxygen atoms in total. The number of aryl methyl sites for hydroxylation is 2. The Hall–Kier alpha value is -6.92. The van der Waals surface area contributed by atoms with Crippen molar-refractivity contribution in [2.24, 2.45) is 29.6 Å². The number of carbonyl (C=O) groups is 7. The Bertz CT molecular complexity index is 3300. The summed E-state index contributed by atoms with van der Waals surface area (Å²) in [6.07, 6.45) is 3.87. The fraction of sp³-hybridized carbons (Fsp3) is 0.578. The van der Waals surface area contributed by atoms with Gasteiger partial charge in [0.05, 0.1) is 53.5 Å². The number of carbonyl (C=O) groups excluding carboxylic acids is 7. The van der Waals surface area contributed by atoms with Gasteiger partial charge in [-0.25, -0.2) is 4.57 Å². The minimum atomic E-state index is -4.97. The number of methoxy groups -OCH3 is 1. The van der Waals surface area contributed by atoms with E-state index in [0.717, 1.165) is 11.4 Å². The number of benzene rings is 2. The molecule has 10 atom stereocenters. The van der Waals surface area contributed by atoms with Gasteiger partial charge >= 0.3 is 25.5 Å². The monoisotopic (exact) mass is 1260 g/mol. The number of ether oxygens (including phenoxy) is 5. The number of rotatable bonds is 14. The number of likely N-dealkylation sites (N-methyl/N-ethyl adjacent to an activating group) is 1. The SMILES string of the molecule is CO[C@H]1/C=C/O[C@@]2(C)Oc3c(C)c(O)c4c(c3C2=O)C2NC3(CCN(CC(C)C)CC3)NC2=C(NC(=O)/C(C)=C\C=C\[C@H](C)[C@H](OC(=O)CN(C)C(=O)CNC(=O)CC(C)(C)c2c(C)cc(C)cc2OP(=O)(O)O)[C@@H](C)[C@@H](O)[C@@H](C)[C@H](OC(C)=O)[C@@H]1C)C4=O. The number of nitrogens with zero attached hydrogens (tertiary/aromatic N) is 2. The van der Waals surface area contributed by atoms with Crippen LogP contribution < -0.4 is 30.5 Å². The molecule has 1 spiro atoms. The number of allylic oxidation sites excluding steroid dienone is 3. The lowest BCUT2D eigenvalue weighted by molar-refractivity contribution is -0.166. The Balaban J connectivity index is 1.19. The number of piperidine rings is 1. The number of aromatic hydroxyl groups is 1. The van der Waals surface area contributed by atoms with Crippen molar-refractivity contribution in [1.82, 2.24) is 31.1 Å². The zero-order valence-electron chi connectivity index (χ0n) is 53.8. The van der Waals surface area contributed by atoms with Crippen LogP contribution in [0.1, 0.15) is 150 Å². The summed E-state index contributed by atoms with van der Waals surface area (Å²) in [7, 11) is -2.22. The summed E-state index contributed by atoms with van der Waals surface area (Å²) in [5.41, 5.74) is 0.268. The Labute approximate surface area is 520 Å². The fourth-order valence-corrected chi connectivity index (χ4v) is 13.5. The van der Waals surface area contributed by atoms with Crippen molar-refractivity contribution in [2.75, 3.05) is 46.9 Å². The lowest BCUT2D eigenvalue weighted by atomic mass is 9.78. The first-order chi connectivity index (χ1) is 41.4. The van der Waals surface area contributed by atoms with Gasteiger partial charge in [-0.05, 0) is 69.7 Å². The predicted octanol–water partition coefficient (Wildman–Crippen LogP) is 6.04. The van der Waals surface area contributed by atoms with Crippen LogP contribution in [-0.4, -0.2) is 154 Å². The highest BCUT2D eigenvalue weighted by Crippen LogP contribution is 2.53. The van der Waals surface area contributed by atoms with E-state index in [1.165, 1.54) is 66.3 Å². The molecule has 3 amide bonds. The maximum atomic E-state index is 15.1. The molecule has 5 heterocycles. The van der Waals surface area contributed by atoms with Crippen LogP contribution in [0.3, 0.4) is 0 Å². The van der Waals surface area contributed by atoms with Gasteiger partial charge in [0.1, 0.15) is 41.7 Å². The number of amides is 3. The van der Waals surface area contributed by atoms with Gasteiger partial charge in [-0.3, -0.25) is 48.7 Å². The van der Waals surface area contributed by atoms with Crippen LogP contribution in [0, 0.1) is 50.4 Å². The lowest BCUT2D eigenvalue weighted by Gasteiger charge is -2.40. The number of Topliss-reactive ketones (excluding diaryl/α,β-unsaturated/α-hetero) is 2. The molecule has 0 saturated carbocycles. The number of nitrogens with one attached hydrogen (secondary N) is 4. The van der Waals surface area contributed by atoms with Crippen LogP contribution in [0.2, 0.25) is 0 Å². The van der Waals surface area contributed by atoms with Crippen LogP contribution >= 0.6 is 7.82 Å². The molecule has 5 bridgehead atoms. The summed E-state index contributed by atoms with van der Waals surface area (Å²) in [4.78, 5) is 121. The number of ketones is 2. The van der Waals surface area contributed by atoms with E-state index in [0.29, 0.717) is 54.2 Å². The Morgan fingerprint density at radius 3 is 2.22 bits per heavy atom. The summed E-state index contributed by atoms with van der Waals surface area (Å²) < 4.78 is 47.5. The van der Waals surface area contributed by atoms with E-state index >= 15 is 4.79 Å². The molecule has 6 aliphatic rings. The largest absolute Gasteiger partial charge is 0.524 e. The molecule has 2 aromatic carbocycles. The molecule has 5 aliphatic heterocycles. The van der Waals surface area contributed by atoms with E-state index in [2.05, 4.69) is 40.0 Å². The maximum Gasteiger partial charge on any atom is 0.524 e. The molecule has 2 saturated heterocycles. The maximum absolute atomic E-state index is 15.1. The van der Waals surface area contributed by atoms with Crippen molar-refractivity contribution in [3.05, 3.63) is 98.6 Å². The van der Waals surface area contributed by atoms with Crippen molar-refractivity contribution >= 4 is 49.0 Å². The predicted molar refractivity (Wildman–Crippen MR) is 327 cm³/mol. The average molecular weight is 1260 g/mol. The Morgan fingerprint density at radius 1 is 0.955 bits per heavy atom. The molecular weight excluding hydrogens is 1170 g/mol. The third-order valence-corrected chi connectivity index (χ3v) is 18.1. The summed E-state index contributed by atoms with van der Waals surface area (Å²) in [6.45, 7) is 24.7. The van der Waals surface area contributed by atoms with Crippen LogP contribution in [0.5, 0.6) is 17.2 Å². The molecular formula is C64H89N6O18P. The van der Waals surface area contributed by atoms with E-state index in [9.17, 15) is 53.3 Å². The van der Waals surface area contributed by atoms with Crippen LogP contribution in [0.15, 0.2) is 59.7 Å². The third kappa shape index (κ3) is 15.3. The van der Waals surface area contributed by atoms with Crippen LogP contribution in [0.25, 0.3) is 0 Å². The zero-order chi connectivity index (χ0) is 66.2. The summed E-state index contributed by atoms with van der Waals surface area (Å²) in [5, 5.41) is 37.1. The highest BCUT2D eigenvalue weighted by molar-refractivity contribution is 7.46. The topological polar surface area (TPSA) is 327 Å². The number of esters is 2. The number of phenols is 1. The molecule has 1 unspecified atom stereocenters. The standard InChI is InChI=1S/C64H89N6O18P/c1-32(2)30-70-23-21-64(22-24-70)67-51-47-48-55(76)40(10)59-49(47)60(78)63(14,87-59)84-25-20-42(83-16)37(7)58(85-41(11)71)39(9)54(75)38(8)57(34(4)18-17-19-35(5)61(79)66-53(56(48)77)52(51)68-64)86-46(74)31-69(15)45(73)29-65-44(72)28-62(12,13)50-36(6)26-33(3)27-43(50)88-89(80,81)82/h17-20,25-27,32,34,37-39,42,51,54,57-58,67-68,75-76H,21-24,28-31H2,1-16H3,(H,65,72)(H,66,79)(H2,80,81,82)/b18-17+,25-20+,35-19-/t34-,37+,38-,39+,42-,51?,54+,57-,58+,63-/m0/s1. The molecule has 89 heavy (non-hydrogen) atoms. The first kappa shape index (κ1) is 69.6. The number of fused-ring (bicyclic) bond motifs is 13. The number of hydrogen-bond donors (Lipinski definition) is 8. The Kier molecular flexibility index (Phi) is 21.3. The summed E-state index contributed by atoms with van der Waals surface area (Å²) >= 11 is 0. The van der Waals surface area contributed by atoms with Gasteiger partial charge in [0.2, 0.25) is 17.6 Å². The van der Waals surface area contributed by atoms with Crippen molar-refractivity contribution in [3.63, 3.8) is 0 Å². The average Bonchev–Trinajstić information content (AvgIpc) is 1.59. The second-order valence-electron chi connectivity index (χ2n) is 25.9. The molecule has 0 aromatic heterocycles. The number of aliphatic hydroxyl groups is 1. The van der Waals surface area contributed by atoms with Gasteiger partial charge < -0.3 is 64.2 Å². The molecule has 1 aliphatic carbocycles. The van der Waals surface area contributed by atoms with E-state index in [4.69, 9.17) is 28.2 Å². The number of phosphoric acid groups is 1. The highest BCUT2D eigenvalue weighted by atomic mass is 31.2. The van der Waals surface area contributed by atoms with Gasteiger partial charge in [0.25, 0.3) is 11.7 Å². The highest BCUT2D eigenvalue weighted by Gasteiger charge is 2.56. The number of phenolic OH excluding ortho intramolecular Hbond substituents is 1. The van der Waals surface area contributed by atoms with Gasteiger partial charge in [-0.1, -0.05) is 79.7 Å². The zero-order valence-corrected chi connectivity index (χ0v) is 54.7. The number of aliphatic hydroxyl groups excluding tert-OH is 1. The molecule has 25 heteroatoms. The molecule has 0 radical (unpaired) electrons.